The molecule has 0 aromatic rings. The summed E-state index contributed by atoms with van der Waals surface area (Å²) in [6.07, 6.45) is 11.7. The van der Waals surface area contributed by atoms with Crippen LogP contribution in [0.3, 0.4) is 0 Å². The Bertz CT molecular complexity index is 1150. The number of hydrogen-bond donors (Lipinski definition) is 1. The van der Waals surface area contributed by atoms with Crippen molar-refractivity contribution in [3.63, 3.8) is 0 Å². The number of Topliss-reactive ketones (excluding diaryl/α,β-unsaturated/α-hetero) is 3. The molecule has 8 nitrogen and oxygen atoms in total. The molecular weight excluding hydrogens is 464 g/mol. The van der Waals surface area contributed by atoms with E-state index in [1.165, 1.54) is 52.0 Å². The van der Waals surface area contributed by atoms with Crippen molar-refractivity contribution in [2.24, 2.45) is 35.0 Å². The molecule has 4 rings (SSSR count). The minimum absolute atomic E-state index is 0.629. The number of rotatable bonds is 7. The van der Waals surface area contributed by atoms with Gasteiger partial charge in [-0.1, -0.05) is 36.5 Å². The van der Waals surface area contributed by atoms with Crippen molar-refractivity contribution >= 4 is 34.9 Å². The van der Waals surface area contributed by atoms with Gasteiger partial charge in [-0.2, -0.15) is 0 Å². The number of fused-ring (bicyclic) bond motifs is 3. The first kappa shape index (κ1) is 27.3. The lowest BCUT2D eigenvalue weighted by molar-refractivity contribution is -0.219. The summed E-state index contributed by atoms with van der Waals surface area (Å²) in [5, 5.41) is 11.5. The highest BCUT2D eigenvalue weighted by Gasteiger charge is 2.79. The monoisotopic (exact) mass is 496 g/mol. The van der Waals surface area contributed by atoms with Gasteiger partial charge in [-0.3, -0.25) is 28.8 Å². The Labute approximate surface area is 210 Å². The van der Waals surface area contributed by atoms with Crippen LogP contribution in [0.25, 0.3) is 0 Å². The van der Waals surface area contributed by atoms with Gasteiger partial charge >= 0.3 is 5.97 Å². The summed E-state index contributed by atoms with van der Waals surface area (Å²) in [6, 6.07) is 0. The molecule has 8 unspecified atom stereocenters. The Morgan fingerprint density at radius 2 is 1.36 bits per heavy atom. The van der Waals surface area contributed by atoms with Crippen LogP contribution >= 0.6 is 0 Å². The Balaban J connectivity index is 2.33. The molecule has 3 aliphatic carbocycles. The minimum atomic E-state index is -2.24. The van der Waals surface area contributed by atoms with Crippen molar-refractivity contribution < 1.29 is 38.6 Å². The van der Waals surface area contributed by atoms with Crippen LogP contribution < -0.4 is 0 Å². The van der Waals surface area contributed by atoms with Crippen LogP contribution in [0.4, 0.5) is 0 Å². The van der Waals surface area contributed by atoms with Crippen molar-refractivity contribution in [1.82, 2.24) is 0 Å². The van der Waals surface area contributed by atoms with Crippen LogP contribution in [0, 0.1) is 35.0 Å². The van der Waals surface area contributed by atoms with E-state index in [2.05, 4.69) is 0 Å². The molecule has 192 valence electrons. The third-order valence-corrected chi connectivity index (χ3v) is 8.03. The molecule has 8 atom stereocenters. The maximum atomic E-state index is 13.8. The molecule has 0 radical (unpaired) electrons. The van der Waals surface area contributed by atoms with Crippen LogP contribution in [-0.4, -0.2) is 51.2 Å². The largest absolute Gasteiger partial charge is 0.450 e. The third kappa shape index (κ3) is 3.70. The number of ketones is 5. The average molecular weight is 497 g/mol. The van der Waals surface area contributed by atoms with E-state index in [1.54, 1.807) is 38.2 Å². The third-order valence-electron chi connectivity index (χ3n) is 8.03. The summed E-state index contributed by atoms with van der Waals surface area (Å²) in [7, 11) is 0. The van der Waals surface area contributed by atoms with E-state index in [-0.39, 0.29) is 0 Å². The second kappa shape index (κ2) is 9.32. The molecule has 1 aliphatic heterocycles. The van der Waals surface area contributed by atoms with Gasteiger partial charge in [0.2, 0.25) is 0 Å². The van der Waals surface area contributed by atoms with Gasteiger partial charge in [-0.15, -0.1) is 0 Å². The molecule has 0 spiro atoms. The van der Waals surface area contributed by atoms with E-state index < -0.39 is 81.1 Å². The van der Waals surface area contributed by atoms with Crippen LogP contribution in [0.15, 0.2) is 48.6 Å². The quantitative estimate of drug-likeness (QED) is 0.246. The van der Waals surface area contributed by atoms with Gasteiger partial charge < -0.3 is 9.84 Å². The first-order valence-corrected chi connectivity index (χ1v) is 12.0. The Hall–Kier alpha value is -3.26. The molecule has 8 heteroatoms. The summed E-state index contributed by atoms with van der Waals surface area (Å²) in [6.45, 7) is 8.62. The Morgan fingerprint density at radius 3 is 1.83 bits per heavy atom. The fraction of sp³-hybridized carbons (Fsp3) is 0.500. The van der Waals surface area contributed by atoms with E-state index in [1.807, 2.05) is 0 Å². The highest BCUT2D eigenvalue weighted by molar-refractivity contribution is 6.25. The van der Waals surface area contributed by atoms with Gasteiger partial charge in [-0.25, -0.2) is 0 Å². The summed E-state index contributed by atoms with van der Waals surface area (Å²) in [4.78, 5) is 80.1. The topological polar surface area (TPSA) is 132 Å². The van der Waals surface area contributed by atoms with Crippen LogP contribution in [0.1, 0.15) is 41.5 Å². The maximum absolute atomic E-state index is 13.8. The van der Waals surface area contributed by atoms with E-state index in [4.69, 9.17) is 4.74 Å². The normalized spacial score (nSPS) is 40.9. The first-order valence-electron chi connectivity index (χ1n) is 12.0. The fourth-order valence-corrected chi connectivity index (χ4v) is 6.29. The number of allylic oxidation sites excluding steroid dienone is 8. The number of hydrogen-bond acceptors (Lipinski definition) is 8. The fourth-order valence-electron chi connectivity index (χ4n) is 6.29. The molecule has 4 aliphatic rings. The predicted molar refractivity (Wildman–Crippen MR) is 129 cm³/mol. The van der Waals surface area contributed by atoms with Gasteiger partial charge in [0.05, 0.1) is 11.3 Å². The molecule has 0 amide bonds. The van der Waals surface area contributed by atoms with E-state index in [0.29, 0.717) is 0 Å². The summed E-state index contributed by atoms with van der Waals surface area (Å²) in [5.41, 5.74) is -6.31. The molecule has 1 saturated heterocycles. The maximum Gasteiger partial charge on any atom is 0.317 e. The summed E-state index contributed by atoms with van der Waals surface area (Å²) < 4.78 is 5.55. The Kier molecular flexibility index (Phi) is 7.07. The molecule has 1 heterocycles. The molecule has 0 aromatic carbocycles. The zero-order valence-electron chi connectivity index (χ0n) is 21.3. The van der Waals surface area contributed by atoms with Crippen LogP contribution in [0.2, 0.25) is 0 Å². The molecule has 4 fully saturated rings. The standard InChI is InChI=1S/C28H32O8/c1-7-9-11-13-16(29)18-20-21(28(6)22(31)15(3)24(33)36-28)19(17(30)14-12-10-8-2)26(4,23(18)32)25(34)27(20,5)35/h7-15,18-21,35H,1-6H3/b9-7+,10-8+,13-11+,14-12+. The molecular formula is C28H32O8. The van der Waals surface area contributed by atoms with Crippen LogP contribution in [-0.2, 0) is 33.5 Å². The number of carbonyl (C=O) groups is 6. The zero-order valence-corrected chi connectivity index (χ0v) is 21.3. The smallest absolute Gasteiger partial charge is 0.317 e. The highest BCUT2D eigenvalue weighted by atomic mass is 16.6. The van der Waals surface area contributed by atoms with Crippen LogP contribution in [0.5, 0.6) is 0 Å². The van der Waals surface area contributed by atoms with E-state index in [9.17, 15) is 33.9 Å². The zero-order chi connectivity index (χ0) is 27.2. The van der Waals surface area contributed by atoms with Gasteiger partial charge in [0.1, 0.15) is 11.5 Å². The number of ether oxygens (including phenoxy) is 1. The second-order valence-electron chi connectivity index (χ2n) is 10.2. The van der Waals surface area contributed by atoms with E-state index in [0.717, 1.165) is 0 Å². The number of cyclic esters (lactones) is 1. The van der Waals surface area contributed by atoms with Gasteiger partial charge in [0.25, 0.3) is 0 Å². The molecule has 36 heavy (non-hydrogen) atoms. The molecule has 0 aromatic heterocycles. The second-order valence-corrected chi connectivity index (χ2v) is 10.2. The van der Waals surface area contributed by atoms with E-state index >= 15 is 0 Å². The molecule has 1 N–H and O–H groups in total. The van der Waals surface area contributed by atoms with Crippen molar-refractivity contribution in [3.05, 3.63) is 48.6 Å². The average Bonchev–Trinajstić information content (AvgIpc) is 3.01. The van der Waals surface area contributed by atoms with Crippen molar-refractivity contribution in [3.8, 4) is 0 Å². The SMILES string of the molecule is C/C=C/C=C/C(=O)C1C(=O)C2(C)C(=O)C(C)(O)C1C(C1(C)OC(=O)C(C)C1=O)C2C(=O)/C=C/C=C/C. The lowest BCUT2D eigenvalue weighted by Crippen LogP contribution is -2.78. The van der Waals surface area contributed by atoms with Crippen molar-refractivity contribution in [2.45, 2.75) is 52.7 Å². The molecule has 3 saturated carbocycles. The highest BCUT2D eigenvalue weighted by Crippen LogP contribution is 2.63. The molecule has 2 bridgehead atoms. The lowest BCUT2D eigenvalue weighted by atomic mass is 9.39. The number of aliphatic hydroxyl groups is 1. The van der Waals surface area contributed by atoms with Crippen molar-refractivity contribution in [1.29, 1.82) is 0 Å². The lowest BCUT2D eigenvalue weighted by Gasteiger charge is -2.62. The Morgan fingerprint density at radius 1 is 0.833 bits per heavy atom. The summed E-state index contributed by atoms with van der Waals surface area (Å²) >= 11 is 0. The predicted octanol–water partition coefficient (Wildman–Crippen LogP) is 2.30. The van der Waals surface area contributed by atoms with Crippen molar-refractivity contribution in [2.75, 3.05) is 0 Å². The first-order chi connectivity index (χ1) is 16.7. The van der Waals surface area contributed by atoms with Gasteiger partial charge in [-0.05, 0) is 53.7 Å². The summed E-state index contributed by atoms with van der Waals surface area (Å²) in [5.74, 6) is -11.3. The number of carbonyl (C=O) groups excluding carboxylic acids is 6. The van der Waals surface area contributed by atoms with Gasteiger partial charge in [0.15, 0.2) is 34.5 Å². The minimum Gasteiger partial charge on any atom is -0.450 e. The number of esters is 1. The van der Waals surface area contributed by atoms with Gasteiger partial charge in [0, 0.05) is 17.8 Å².